The van der Waals surface area contributed by atoms with Crippen LogP contribution in [0.3, 0.4) is 0 Å². The maximum Gasteiger partial charge on any atom is 0.0232 e. The van der Waals surface area contributed by atoms with E-state index >= 15 is 0 Å². The molecule has 0 aromatic rings. The highest BCUT2D eigenvalue weighted by atomic mass is 15.2. The molecule has 2 atom stereocenters. The smallest absolute Gasteiger partial charge is 0.0232 e. The SMILES string of the molecule is CN1CC2CCC1(C)C2(C)C. The van der Waals surface area contributed by atoms with E-state index in [-0.39, 0.29) is 0 Å². The number of rotatable bonds is 0. The summed E-state index contributed by atoms with van der Waals surface area (Å²) in [6, 6.07) is 0. The van der Waals surface area contributed by atoms with Crippen LogP contribution < -0.4 is 0 Å². The maximum atomic E-state index is 2.56. The highest BCUT2D eigenvalue weighted by Crippen LogP contribution is 2.57. The molecular weight excluding hydrogens is 134 g/mol. The van der Waals surface area contributed by atoms with E-state index in [1.54, 1.807) is 0 Å². The van der Waals surface area contributed by atoms with Crippen LogP contribution in [0, 0.1) is 11.3 Å². The second kappa shape index (κ2) is 1.82. The summed E-state index contributed by atoms with van der Waals surface area (Å²) in [6.07, 6.45) is 2.86. The third-order valence-corrected chi connectivity index (χ3v) is 4.73. The molecule has 0 spiro atoms. The highest BCUT2D eigenvalue weighted by Gasteiger charge is 2.58. The largest absolute Gasteiger partial charge is 0.300 e. The Morgan fingerprint density at radius 1 is 1.27 bits per heavy atom. The van der Waals surface area contributed by atoms with Crippen LogP contribution in [0.1, 0.15) is 33.6 Å². The summed E-state index contributed by atoms with van der Waals surface area (Å²) in [5.74, 6) is 0.956. The molecule has 0 amide bonds. The molecule has 1 heterocycles. The second-order valence-electron chi connectivity index (χ2n) is 5.11. The summed E-state index contributed by atoms with van der Waals surface area (Å²) in [5.41, 5.74) is 1.05. The molecule has 1 aliphatic carbocycles. The van der Waals surface area contributed by atoms with E-state index in [1.165, 1.54) is 19.4 Å². The molecule has 0 aromatic carbocycles. The minimum Gasteiger partial charge on any atom is -0.300 e. The maximum absolute atomic E-state index is 2.56. The van der Waals surface area contributed by atoms with Crippen molar-refractivity contribution < 1.29 is 0 Å². The van der Waals surface area contributed by atoms with E-state index in [2.05, 4.69) is 32.7 Å². The van der Waals surface area contributed by atoms with Crippen LogP contribution in [0.2, 0.25) is 0 Å². The summed E-state index contributed by atoms with van der Waals surface area (Å²) in [7, 11) is 2.28. The Labute approximate surface area is 69.8 Å². The van der Waals surface area contributed by atoms with Crippen molar-refractivity contribution in [2.75, 3.05) is 13.6 Å². The van der Waals surface area contributed by atoms with Crippen LogP contribution in [0.25, 0.3) is 0 Å². The first-order valence-electron chi connectivity index (χ1n) is 4.70. The van der Waals surface area contributed by atoms with E-state index < -0.39 is 0 Å². The summed E-state index contributed by atoms with van der Waals surface area (Å²) in [5, 5.41) is 0. The zero-order valence-electron chi connectivity index (χ0n) is 8.15. The Morgan fingerprint density at radius 2 is 1.91 bits per heavy atom. The van der Waals surface area contributed by atoms with Crippen molar-refractivity contribution in [1.82, 2.24) is 4.90 Å². The van der Waals surface area contributed by atoms with E-state index in [1.807, 2.05) is 0 Å². The summed E-state index contributed by atoms with van der Waals surface area (Å²) in [4.78, 5) is 2.56. The van der Waals surface area contributed by atoms with Gasteiger partial charge < -0.3 is 4.90 Å². The van der Waals surface area contributed by atoms with E-state index in [0.29, 0.717) is 11.0 Å². The van der Waals surface area contributed by atoms with Gasteiger partial charge in [0.2, 0.25) is 0 Å². The summed E-state index contributed by atoms with van der Waals surface area (Å²) >= 11 is 0. The first kappa shape index (κ1) is 7.60. The zero-order valence-corrected chi connectivity index (χ0v) is 8.15. The minimum atomic E-state index is 0.498. The van der Waals surface area contributed by atoms with Crippen molar-refractivity contribution in [2.45, 2.75) is 39.2 Å². The molecular formula is C10H19N. The Bertz CT molecular complexity index is 185. The lowest BCUT2D eigenvalue weighted by atomic mass is 9.75. The number of hydrogen-bond acceptors (Lipinski definition) is 1. The number of likely N-dealkylation sites (tertiary alicyclic amines) is 1. The van der Waals surface area contributed by atoms with E-state index in [9.17, 15) is 0 Å². The van der Waals surface area contributed by atoms with Gasteiger partial charge in [0.15, 0.2) is 0 Å². The standard InChI is InChI=1S/C10H19N/c1-9(2)8-5-6-10(9,3)11(4)7-8/h8H,5-7H2,1-4H3. The van der Waals surface area contributed by atoms with Gasteiger partial charge in [-0.05, 0) is 38.1 Å². The van der Waals surface area contributed by atoms with Gasteiger partial charge in [-0.15, -0.1) is 0 Å². The topological polar surface area (TPSA) is 3.24 Å². The molecule has 0 N–H and O–H groups in total. The zero-order chi connectivity index (χ0) is 8.28. The van der Waals surface area contributed by atoms with Crippen LogP contribution in [-0.4, -0.2) is 24.0 Å². The van der Waals surface area contributed by atoms with Crippen molar-refractivity contribution in [1.29, 1.82) is 0 Å². The van der Waals surface area contributed by atoms with Crippen LogP contribution in [0.5, 0.6) is 0 Å². The molecule has 2 aliphatic rings. The minimum absolute atomic E-state index is 0.498. The molecule has 2 unspecified atom stereocenters. The quantitative estimate of drug-likeness (QED) is 0.515. The van der Waals surface area contributed by atoms with Crippen molar-refractivity contribution in [3.63, 3.8) is 0 Å². The van der Waals surface area contributed by atoms with Crippen molar-refractivity contribution in [3.05, 3.63) is 0 Å². The van der Waals surface area contributed by atoms with Gasteiger partial charge in [-0.1, -0.05) is 13.8 Å². The molecule has 11 heavy (non-hydrogen) atoms. The predicted molar refractivity (Wildman–Crippen MR) is 47.5 cm³/mol. The fraction of sp³-hybridized carbons (Fsp3) is 1.00. The molecule has 2 rings (SSSR count). The molecule has 2 bridgehead atoms. The van der Waals surface area contributed by atoms with Gasteiger partial charge >= 0.3 is 0 Å². The monoisotopic (exact) mass is 153 g/mol. The molecule has 0 radical (unpaired) electrons. The fourth-order valence-corrected chi connectivity index (χ4v) is 3.11. The van der Waals surface area contributed by atoms with Gasteiger partial charge in [0.1, 0.15) is 0 Å². The van der Waals surface area contributed by atoms with Gasteiger partial charge in [-0.25, -0.2) is 0 Å². The lowest BCUT2D eigenvalue weighted by Crippen LogP contribution is -2.45. The van der Waals surface area contributed by atoms with E-state index in [4.69, 9.17) is 0 Å². The molecule has 1 heteroatoms. The van der Waals surface area contributed by atoms with Gasteiger partial charge in [0.05, 0.1) is 0 Å². The van der Waals surface area contributed by atoms with Gasteiger partial charge in [0, 0.05) is 12.1 Å². The first-order chi connectivity index (χ1) is 4.98. The van der Waals surface area contributed by atoms with Gasteiger partial charge in [0.25, 0.3) is 0 Å². The lowest BCUT2D eigenvalue weighted by molar-refractivity contribution is 0.108. The van der Waals surface area contributed by atoms with Crippen LogP contribution in [0.15, 0.2) is 0 Å². The normalized spacial score (nSPS) is 48.5. The van der Waals surface area contributed by atoms with Crippen LogP contribution in [0.4, 0.5) is 0 Å². The van der Waals surface area contributed by atoms with Crippen molar-refractivity contribution in [3.8, 4) is 0 Å². The average Bonchev–Trinajstić information content (AvgIpc) is 2.20. The number of piperidine rings is 1. The number of fused-ring (bicyclic) bond motifs is 2. The first-order valence-corrected chi connectivity index (χ1v) is 4.70. The molecule has 1 aliphatic heterocycles. The Kier molecular flexibility index (Phi) is 1.26. The third kappa shape index (κ3) is 0.658. The molecule has 64 valence electrons. The summed E-state index contributed by atoms with van der Waals surface area (Å²) in [6.45, 7) is 8.63. The molecule has 0 aromatic heterocycles. The van der Waals surface area contributed by atoms with Gasteiger partial charge in [-0.2, -0.15) is 0 Å². The fourth-order valence-electron chi connectivity index (χ4n) is 3.11. The third-order valence-electron chi connectivity index (χ3n) is 4.73. The number of hydrogen-bond donors (Lipinski definition) is 0. The van der Waals surface area contributed by atoms with Crippen LogP contribution >= 0.6 is 0 Å². The van der Waals surface area contributed by atoms with Crippen molar-refractivity contribution >= 4 is 0 Å². The Balaban J connectivity index is 2.40. The Hall–Kier alpha value is -0.0400. The summed E-state index contributed by atoms with van der Waals surface area (Å²) < 4.78 is 0. The molecule has 1 saturated heterocycles. The van der Waals surface area contributed by atoms with Crippen LogP contribution in [-0.2, 0) is 0 Å². The second-order valence-corrected chi connectivity index (χ2v) is 5.11. The van der Waals surface area contributed by atoms with E-state index in [0.717, 1.165) is 5.92 Å². The molecule has 2 fully saturated rings. The molecule has 1 nitrogen and oxygen atoms in total. The van der Waals surface area contributed by atoms with Gasteiger partial charge in [-0.3, -0.25) is 0 Å². The lowest BCUT2D eigenvalue weighted by Gasteiger charge is -2.39. The average molecular weight is 153 g/mol. The Morgan fingerprint density at radius 3 is 2.09 bits per heavy atom. The predicted octanol–water partition coefficient (Wildman–Crippen LogP) is 2.13. The number of nitrogens with zero attached hydrogens (tertiary/aromatic N) is 1. The van der Waals surface area contributed by atoms with Crippen molar-refractivity contribution in [2.24, 2.45) is 11.3 Å². The highest BCUT2D eigenvalue weighted by molar-refractivity contribution is 5.12. The molecule has 1 saturated carbocycles.